The lowest BCUT2D eigenvalue weighted by Crippen LogP contribution is -2.13. The van der Waals surface area contributed by atoms with E-state index < -0.39 is 0 Å². The minimum Gasteiger partial charge on any atom is -0.383 e. The number of rotatable bonds is 9. The Bertz CT molecular complexity index is 1860. The molecule has 0 heterocycles. The van der Waals surface area contributed by atoms with Crippen molar-refractivity contribution in [3.05, 3.63) is 187 Å². The van der Waals surface area contributed by atoms with Gasteiger partial charge in [0.25, 0.3) is 0 Å². The van der Waals surface area contributed by atoms with E-state index >= 15 is 0 Å². The Labute approximate surface area is 253 Å². The normalized spacial score (nSPS) is 11.7. The molecular formula is C40H33N3. The smallest absolute Gasteiger partial charge is 0.131 e. The number of nitrogens with zero attached hydrogens (tertiary/aromatic N) is 1. The zero-order chi connectivity index (χ0) is 29.3. The van der Waals surface area contributed by atoms with Crippen LogP contribution in [-0.4, -0.2) is 5.84 Å². The molecule has 0 amide bonds. The quantitative estimate of drug-likeness (QED) is 0.138. The van der Waals surface area contributed by atoms with Gasteiger partial charge >= 0.3 is 0 Å². The second-order valence-corrected chi connectivity index (χ2v) is 10.3. The number of para-hydroxylation sites is 1. The van der Waals surface area contributed by atoms with Gasteiger partial charge in [-0.3, -0.25) is 0 Å². The second kappa shape index (κ2) is 13.3. The third kappa shape index (κ3) is 6.98. The number of hydrogen-bond donors (Lipinski definition) is 2. The monoisotopic (exact) mass is 555 g/mol. The maximum atomic E-state index is 6.50. The van der Waals surface area contributed by atoms with Crippen LogP contribution in [0, 0.1) is 0 Å². The molecule has 0 fully saturated rings. The highest BCUT2D eigenvalue weighted by atomic mass is 14.9. The van der Waals surface area contributed by atoms with E-state index in [1.165, 1.54) is 11.1 Å². The van der Waals surface area contributed by atoms with Crippen molar-refractivity contribution in [1.29, 1.82) is 0 Å². The molecule has 6 aromatic rings. The predicted molar refractivity (Wildman–Crippen MR) is 182 cm³/mol. The van der Waals surface area contributed by atoms with E-state index in [9.17, 15) is 0 Å². The van der Waals surface area contributed by atoms with Crippen LogP contribution in [-0.2, 0) is 6.42 Å². The molecule has 6 aromatic carbocycles. The zero-order valence-electron chi connectivity index (χ0n) is 23.9. The molecule has 0 saturated carbocycles. The Kier molecular flexibility index (Phi) is 8.52. The third-order valence-electron chi connectivity index (χ3n) is 7.33. The summed E-state index contributed by atoms with van der Waals surface area (Å²) in [4.78, 5) is 4.92. The van der Waals surface area contributed by atoms with Crippen molar-refractivity contribution >= 4 is 22.9 Å². The Balaban J connectivity index is 1.32. The van der Waals surface area contributed by atoms with Gasteiger partial charge in [-0.25, -0.2) is 4.99 Å². The van der Waals surface area contributed by atoms with Crippen LogP contribution in [0.5, 0.6) is 0 Å². The summed E-state index contributed by atoms with van der Waals surface area (Å²) in [5, 5.41) is 3.65. The van der Waals surface area contributed by atoms with Gasteiger partial charge in [0.2, 0.25) is 0 Å². The molecule has 3 nitrogen and oxygen atoms in total. The average molecular weight is 556 g/mol. The molecular weight excluding hydrogens is 522 g/mol. The Hall–Kier alpha value is -5.67. The molecule has 0 spiro atoms. The maximum Gasteiger partial charge on any atom is 0.131 e. The summed E-state index contributed by atoms with van der Waals surface area (Å²) in [6.07, 6.45) is 2.91. The number of nitrogens with two attached hydrogens (primary N) is 1. The number of nitrogens with one attached hydrogen (secondary N) is 1. The van der Waals surface area contributed by atoms with Gasteiger partial charge in [-0.05, 0) is 52.9 Å². The highest BCUT2D eigenvalue weighted by Gasteiger charge is 2.09. The number of anilines is 2. The summed E-state index contributed by atoms with van der Waals surface area (Å²) in [6, 6.07) is 56.2. The van der Waals surface area contributed by atoms with Gasteiger partial charge < -0.3 is 11.1 Å². The first-order valence-electron chi connectivity index (χ1n) is 14.5. The van der Waals surface area contributed by atoms with Crippen molar-refractivity contribution in [2.45, 2.75) is 6.42 Å². The Morgan fingerprint density at radius 2 is 1.14 bits per heavy atom. The van der Waals surface area contributed by atoms with E-state index in [0.29, 0.717) is 5.84 Å². The van der Waals surface area contributed by atoms with E-state index in [1.54, 1.807) is 0 Å². The minimum atomic E-state index is 0.494. The van der Waals surface area contributed by atoms with Crippen molar-refractivity contribution in [3.63, 3.8) is 0 Å². The molecule has 0 saturated heterocycles. The SMILES string of the molecule is NC(=N/C(=C\Cc1ccccc1)c1cccc(-c2cccc(Nc3ccccc3-c3ccccc3)c2)c1)c1ccccc1. The molecule has 43 heavy (non-hydrogen) atoms. The zero-order valence-corrected chi connectivity index (χ0v) is 23.9. The largest absolute Gasteiger partial charge is 0.383 e. The summed E-state index contributed by atoms with van der Waals surface area (Å²) in [7, 11) is 0. The fourth-order valence-electron chi connectivity index (χ4n) is 5.11. The van der Waals surface area contributed by atoms with Crippen LogP contribution in [0.2, 0.25) is 0 Å². The molecule has 0 aromatic heterocycles. The van der Waals surface area contributed by atoms with Crippen molar-refractivity contribution in [1.82, 2.24) is 0 Å². The molecule has 0 unspecified atom stereocenters. The number of amidine groups is 1. The first kappa shape index (κ1) is 27.5. The van der Waals surface area contributed by atoms with Crippen LogP contribution in [0.15, 0.2) is 175 Å². The first-order valence-corrected chi connectivity index (χ1v) is 14.5. The van der Waals surface area contributed by atoms with Crippen LogP contribution < -0.4 is 11.1 Å². The minimum absolute atomic E-state index is 0.494. The molecule has 0 aliphatic carbocycles. The summed E-state index contributed by atoms with van der Waals surface area (Å²) < 4.78 is 0. The lowest BCUT2D eigenvalue weighted by Gasteiger charge is -2.14. The molecule has 208 valence electrons. The molecule has 3 N–H and O–H groups in total. The lowest BCUT2D eigenvalue weighted by atomic mass is 10.00. The average Bonchev–Trinajstić information content (AvgIpc) is 3.08. The van der Waals surface area contributed by atoms with Crippen LogP contribution in [0.1, 0.15) is 16.7 Å². The highest BCUT2D eigenvalue weighted by molar-refractivity contribution is 6.00. The van der Waals surface area contributed by atoms with E-state index in [1.807, 2.05) is 42.5 Å². The van der Waals surface area contributed by atoms with Crippen molar-refractivity contribution in [3.8, 4) is 22.3 Å². The standard InChI is InChI=1S/C40H33N3/c41-40(32-18-8-3-9-19-32)43-38(27-26-30-14-4-1-5-15-30)35-22-12-20-33(28-35)34-21-13-23-36(29-34)42-39-25-11-10-24-37(39)31-16-6-2-7-17-31/h1-25,27-29,42H,26H2,(H2,41,43)/b38-27-. The van der Waals surface area contributed by atoms with E-state index in [-0.39, 0.29) is 0 Å². The summed E-state index contributed by atoms with van der Waals surface area (Å²) in [6.45, 7) is 0. The van der Waals surface area contributed by atoms with E-state index in [4.69, 9.17) is 10.7 Å². The van der Waals surface area contributed by atoms with Gasteiger partial charge in [-0.2, -0.15) is 0 Å². The number of benzene rings is 6. The summed E-state index contributed by atoms with van der Waals surface area (Å²) in [5.41, 5.74) is 17.1. The third-order valence-corrected chi connectivity index (χ3v) is 7.33. The van der Waals surface area contributed by atoms with Crippen molar-refractivity contribution in [2.24, 2.45) is 10.7 Å². The van der Waals surface area contributed by atoms with Crippen molar-refractivity contribution in [2.75, 3.05) is 5.32 Å². The van der Waals surface area contributed by atoms with Crippen LogP contribution in [0.3, 0.4) is 0 Å². The van der Waals surface area contributed by atoms with Gasteiger partial charge in [0.05, 0.1) is 5.70 Å². The Morgan fingerprint density at radius 1 is 0.558 bits per heavy atom. The number of hydrogen-bond acceptors (Lipinski definition) is 2. The maximum absolute atomic E-state index is 6.50. The van der Waals surface area contributed by atoms with Crippen LogP contribution >= 0.6 is 0 Å². The number of aliphatic imine (C=N–C) groups is 1. The summed E-state index contributed by atoms with van der Waals surface area (Å²) in [5.74, 6) is 0.494. The van der Waals surface area contributed by atoms with E-state index in [2.05, 4.69) is 133 Å². The molecule has 3 heteroatoms. The molecule has 6 rings (SSSR count). The molecule has 0 aliphatic rings. The van der Waals surface area contributed by atoms with Gasteiger partial charge in [-0.1, -0.05) is 146 Å². The first-order chi connectivity index (χ1) is 21.2. The molecule has 0 bridgehead atoms. The molecule has 0 aliphatic heterocycles. The van der Waals surface area contributed by atoms with Gasteiger partial charge in [-0.15, -0.1) is 0 Å². The van der Waals surface area contributed by atoms with Crippen LogP contribution in [0.4, 0.5) is 11.4 Å². The summed E-state index contributed by atoms with van der Waals surface area (Å²) >= 11 is 0. The van der Waals surface area contributed by atoms with Gasteiger partial charge in [0.1, 0.15) is 5.84 Å². The number of allylic oxidation sites excluding steroid dienone is 1. The molecule has 0 radical (unpaired) electrons. The second-order valence-electron chi connectivity index (χ2n) is 10.3. The lowest BCUT2D eigenvalue weighted by molar-refractivity contribution is 1.26. The van der Waals surface area contributed by atoms with Gasteiger partial charge in [0.15, 0.2) is 0 Å². The van der Waals surface area contributed by atoms with Crippen LogP contribution in [0.25, 0.3) is 28.0 Å². The Morgan fingerprint density at radius 3 is 1.91 bits per heavy atom. The molecule has 0 atom stereocenters. The fourth-order valence-corrected chi connectivity index (χ4v) is 5.11. The topological polar surface area (TPSA) is 50.4 Å². The highest BCUT2D eigenvalue weighted by Crippen LogP contribution is 2.32. The van der Waals surface area contributed by atoms with Crippen molar-refractivity contribution < 1.29 is 0 Å². The van der Waals surface area contributed by atoms with E-state index in [0.717, 1.165) is 51.3 Å². The van der Waals surface area contributed by atoms with Gasteiger partial charge in [0, 0.05) is 28.1 Å². The predicted octanol–water partition coefficient (Wildman–Crippen LogP) is 9.75. The fraction of sp³-hybridized carbons (Fsp3) is 0.0250.